The van der Waals surface area contributed by atoms with Crippen molar-refractivity contribution >= 4 is 5.97 Å². The van der Waals surface area contributed by atoms with E-state index < -0.39 is 0 Å². The fourth-order valence-corrected chi connectivity index (χ4v) is 1.08. The number of carbonyl (C=O) groups excluding carboxylic acids is 1. The summed E-state index contributed by atoms with van der Waals surface area (Å²) < 4.78 is 5.13. The van der Waals surface area contributed by atoms with E-state index in [2.05, 4.69) is 11.8 Å². The molecule has 1 aromatic rings. The monoisotopic (exact) mass is 202 g/mol. The molecule has 0 aliphatic carbocycles. The predicted molar refractivity (Wildman–Crippen MR) is 59.4 cm³/mol. The first-order chi connectivity index (χ1) is 7.24. The topological polar surface area (TPSA) is 26.3 Å². The molecule has 0 aliphatic heterocycles. The van der Waals surface area contributed by atoms with Gasteiger partial charge in [0.05, 0.1) is 5.56 Å². The molecule has 0 bridgehead atoms. The van der Waals surface area contributed by atoms with E-state index in [-0.39, 0.29) is 12.1 Å². The van der Waals surface area contributed by atoms with Gasteiger partial charge in [0.25, 0.3) is 0 Å². The van der Waals surface area contributed by atoms with E-state index in [0.717, 1.165) is 6.42 Å². The molecule has 15 heavy (non-hydrogen) atoms. The third-order valence-electron chi connectivity index (χ3n) is 1.78. The second-order valence-corrected chi connectivity index (χ2v) is 3.09. The lowest BCUT2D eigenvalue weighted by molar-refractivity contribution is 0.0438. The number of hydrogen-bond donors (Lipinski definition) is 0. The molecule has 0 spiro atoms. The molecule has 2 nitrogen and oxygen atoms in total. The van der Waals surface area contributed by atoms with Gasteiger partial charge >= 0.3 is 5.97 Å². The molecule has 0 aliphatic rings. The molecule has 0 saturated heterocycles. The highest BCUT2D eigenvalue weighted by atomic mass is 16.5. The Balaban J connectivity index is 2.57. The number of carbonyl (C=O) groups is 1. The van der Waals surface area contributed by atoms with Gasteiger partial charge in [0.15, 0.2) is 6.10 Å². The van der Waals surface area contributed by atoms with Crippen LogP contribution in [-0.4, -0.2) is 12.1 Å². The maximum absolute atomic E-state index is 11.5. The highest BCUT2D eigenvalue weighted by Gasteiger charge is 2.08. The standard InChI is InChI=1S/C13H14O2/c1-3-4-8-11(2)15-13(14)12-9-6-5-7-10-12/h5-7,9-11H,3H2,1-2H3/t11-/m1/s1. The van der Waals surface area contributed by atoms with Crippen LogP contribution in [-0.2, 0) is 4.74 Å². The Morgan fingerprint density at radius 2 is 2.07 bits per heavy atom. The molecule has 0 radical (unpaired) electrons. The van der Waals surface area contributed by atoms with Gasteiger partial charge < -0.3 is 4.74 Å². The van der Waals surface area contributed by atoms with Gasteiger partial charge in [-0.1, -0.05) is 37.0 Å². The molecular formula is C13H14O2. The Hall–Kier alpha value is -1.75. The molecule has 0 N–H and O–H groups in total. The second-order valence-electron chi connectivity index (χ2n) is 3.09. The fraction of sp³-hybridized carbons (Fsp3) is 0.308. The molecule has 78 valence electrons. The van der Waals surface area contributed by atoms with Crippen LogP contribution in [0.2, 0.25) is 0 Å². The Morgan fingerprint density at radius 3 is 2.67 bits per heavy atom. The summed E-state index contributed by atoms with van der Waals surface area (Å²) in [6, 6.07) is 8.92. The van der Waals surface area contributed by atoms with Gasteiger partial charge in [-0.3, -0.25) is 0 Å². The summed E-state index contributed by atoms with van der Waals surface area (Å²) in [5.41, 5.74) is 0.558. The normalized spacial score (nSPS) is 11.1. The molecule has 1 atom stereocenters. The fourth-order valence-electron chi connectivity index (χ4n) is 1.08. The number of ether oxygens (including phenoxy) is 1. The summed E-state index contributed by atoms with van der Waals surface area (Å²) in [4.78, 5) is 11.5. The molecule has 2 heteroatoms. The number of rotatable bonds is 2. The minimum atomic E-state index is -0.349. The van der Waals surface area contributed by atoms with Crippen molar-refractivity contribution in [2.75, 3.05) is 0 Å². The van der Waals surface area contributed by atoms with Crippen molar-refractivity contribution in [3.05, 3.63) is 35.9 Å². The molecule has 0 aromatic heterocycles. The molecule has 0 unspecified atom stereocenters. The first-order valence-electron chi connectivity index (χ1n) is 4.98. The zero-order chi connectivity index (χ0) is 11.1. The van der Waals surface area contributed by atoms with Gasteiger partial charge in [-0.15, -0.1) is 0 Å². The van der Waals surface area contributed by atoms with Gasteiger partial charge in [0.1, 0.15) is 0 Å². The lowest BCUT2D eigenvalue weighted by Gasteiger charge is -2.06. The third-order valence-corrected chi connectivity index (χ3v) is 1.78. The Morgan fingerprint density at radius 1 is 1.40 bits per heavy atom. The number of hydrogen-bond acceptors (Lipinski definition) is 2. The van der Waals surface area contributed by atoms with Crippen LogP contribution >= 0.6 is 0 Å². The number of esters is 1. The van der Waals surface area contributed by atoms with Crippen LogP contribution in [0, 0.1) is 11.8 Å². The first-order valence-corrected chi connectivity index (χ1v) is 4.98. The van der Waals surface area contributed by atoms with Crippen molar-refractivity contribution in [3.63, 3.8) is 0 Å². The SMILES string of the molecule is CCC#C[C@@H](C)OC(=O)c1ccccc1. The highest BCUT2D eigenvalue weighted by Crippen LogP contribution is 2.03. The summed E-state index contributed by atoms with van der Waals surface area (Å²) in [7, 11) is 0. The van der Waals surface area contributed by atoms with Gasteiger partial charge in [-0.05, 0) is 19.1 Å². The minimum Gasteiger partial charge on any atom is -0.446 e. The summed E-state index contributed by atoms with van der Waals surface area (Å²) in [6.45, 7) is 3.72. The Labute approximate surface area is 90.3 Å². The zero-order valence-electron chi connectivity index (χ0n) is 8.99. The average molecular weight is 202 g/mol. The summed E-state index contributed by atoms with van der Waals surface area (Å²) >= 11 is 0. The highest BCUT2D eigenvalue weighted by molar-refractivity contribution is 5.89. The Bertz CT molecular complexity index is 371. The van der Waals surface area contributed by atoms with Gasteiger partial charge in [0.2, 0.25) is 0 Å². The van der Waals surface area contributed by atoms with Gasteiger partial charge in [0, 0.05) is 6.42 Å². The van der Waals surface area contributed by atoms with E-state index in [1.807, 2.05) is 13.0 Å². The smallest absolute Gasteiger partial charge is 0.339 e. The molecule has 0 fully saturated rings. The molecule has 1 aromatic carbocycles. The van der Waals surface area contributed by atoms with Crippen LogP contribution in [0.4, 0.5) is 0 Å². The quantitative estimate of drug-likeness (QED) is 0.544. The lowest BCUT2D eigenvalue weighted by Crippen LogP contribution is -2.13. The van der Waals surface area contributed by atoms with Crippen LogP contribution in [0.3, 0.4) is 0 Å². The maximum atomic E-state index is 11.5. The van der Waals surface area contributed by atoms with Crippen LogP contribution < -0.4 is 0 Å². The van der Waals surface area contributed by atoms with Gasteiger partial charge in [-0.2, -0.15) is 0 Å². The third kappa shape index (κ3) is 3.86. The molecule has 0 saturated carbocycles. The average Bonchev–Trinajstić information content (AvgIpc) is 2.27. The van der Waals surface area contributed by atoms with E-state index >= 15 is 0 Å². The predicted octanol–water partition coefficient (Wildman–Crippen LogP) is 2.65. The molecule has 0 amide bonds. The maximum Gasteiger partial charge on any atom is 0.339 e. The molecular weight excluding hydrogens is 188 g/mol. The van der Waals surface area contributed by atoms with E-state index in [9.17, 15) is 4.79 Å². The van der Waals surface area contributed by atoms with Crippen LogP contribution in [0.25, 0.3) is 0 Å². The molecule has 0 heterocycles. The van der Waals surface area contributed by atoms with Crippen LogP contribution in [0.1, 0.15) is 30.6 Å². The van der Waals surface area contributed by atoms with Crippen molar-refractivity contribution in [2.45, 2.75) is 26.4 Å². The minimum absolute atomic E-state index is 0.325. The van der Waals surface area contributed by atoms with Gasteiger partial charge in [-0.25, -0.2) is 4.79 Å². The largest absolute Gasteiger partial charge is 0.446 e. The Kier molecular flexibility index (Phi) is 4.43. The van der Waals surface area contributed by atoms with Crippen molar-refractivity contribution in [2.24, 2.45) is 0 Å². The summed E-state index contributed by atoms with van der Waals surface area (Å²) in [5, 5.41) is 0. The molecule has 1 rings (SSSR count). The first kappa shape index (κ1) is 11.3. The van der Waals surface area contributed by atoms with Crippen LogP contribution in [0.5, 0.6) is 0 Å². The van der Waals surface area contributed by atoms with Crippen molar-refractivity contribution in [1.82, 2.24) is 0 Å². The van der Waals surface area contributed by atoms with E-state index in [0.29, 0.717) is 5.56 Å². The zero-order valence-corrected chi connectivity index (χ0v) is 8.99. The summed E-state index contributed by atoms with van der Waals surface area (Å²) in [5.74, 6) is 5.39. The van der Waals surface area contributed by atoms with E-state index in [4.69, 9.17) is 4.74 Å². The van der Waals surface area contributed by atoms with Crippen LogP contribution in [0.15, 0.2) is 30.3 Å². The van der Waals surface area contributed by atoms with Crippen molar-refractivity contribution < 1.29 is 9.53 Å². The van der Waals surface area contributed by atoms with Crippen molar-refractivity contribution in [1.29, 1.82) is 0 Å². The van der Waals surface area contributed by atoms with E-state index in [1.54, 1.807) is 31.2 Å². The van der Waals surface area contributed by atoms with E-state index in [1.165, 1.54) is 0 Å². The lowest BCUT2D eigenvalue weighted by atomic mass is 10.2. The van der Waals surface area contributed by atoms with Crippen molar-refractivity contribution in [3.8, 4) is 11.8 Å². The summed E-state index contributed by atoms with van der Waals surface area (Å²) in [6.07, 6.45) is 0.422. The second kappa shape index (κ2) is 5.87. The number of benzene rings is 1.